The van der Waals surface area contributed by atoms with E-state index in [1.54, 1.807) is 0 Å². The molecule has 1 aromatic rings. The fourth-order valence-electron chi connectivity index (χ4n) is 3.27. The molecular weight excluding hydrogens is 345 g/mol. The molecule has 0 aliphatic carbocycles. The van der Waals surface area contributed by atoms with Gasteiger partial charge in [0.05, 0.1) is 12.4 Å². The van der Waals surface area contributed by atoms with Crippen LogP contribution in [0.1, 0.15) is 12.0 Å². The molecule has 0 amide bonds. The first-order valence-corrected chi connectivity index (χ1v) is 10.5. The lowest BCUT2D eigenvalue weighted by atomic mass is 10.1. The summed E-state index contributed by atoms with van der Waals surface area (Å²) in [4.78, 5) is -0.371. The van der Waals surface area contributed by atoms with E-state index in [1.165, 1.54) is 19.1 Å². The second kappa shape index (κ2) is 5.80. The lowest BCUT2D eigenvalue weighted by molar-refractivity contribution is 0.0589. The van der Waals surface area contributed by atoms with Crippen molar-refractivity contribution >= 4 is 19.9 Å². The molecule has 2 fully saturated rings. The summed E-state index contributed by atoms with van der Waals surface area (Å²) in [6.07, 6.45) is 0.288. The number of nitrogens with zero attached hydrogens (tertiary/aromatic N) is 1. The molecule has 2 saturated heterocycles. The van der Waals surface area contributed by atoms with Crippen molar-refractivity contribution in [2.45, 2.75) is 29.5 Å². The van der Waals surface area contributed by atoms with Crippen LogP contribution >= 0.6 is 0 Å². The average Bonchev–Trinajstić information content (AvgIpc) is 2.46. The van der Waals surface area contributed by atoms with Crippen molar-refractivity contribution in [2.24, 2.45) is 0 Å². The second-order valence-electron chi connectivity index (χ2n) is 5.84. The molecule has 2 heterocycles. The van der Waals surface area contributed by atoms with Crippen molar-refractivity contribution in [3.8, 4) is 0 Å². The summed E-state index contributed by atoms with van der Waals surface area (Å²) in [6.45, 7) is 1.64. The van der Waals surface area contributed by atoms with E-state index in [4.69, 9.17) is 4.74 Å². The van der Waals surface area contributed by atoms with Gasteiger partial charge in [-0.05, 0) is 25.0 Å². The molecule has 2 aliphatic heterocycles. The summed E-state index contributed by atoms with van der Waals surface area (Å²) >= 11 is 0. The highest BCUT2D eigenvalue weighted by molar-refractivity contribution is 7.92. The highest BCUT2D eigenvalue weighted by Gasteiger charge is 2.48. The zero-order valence-electron chi connectivity index (χ0n) is 12.6. The molecule has 9 heteroatoms. The predicted octanol–water partition coefficient (Wildman–Crippen LogP) is 0.711. The van der Waals surface area contributed by atoms with Crippen LogP contribution in [0, 0.1) is 12.7 Å². The van der Waals surface area contributed by atoms with Crippen molar-refractivity contribution in [1.82, 2.24) is 4.31 Å². The van der Waals surface area contributed by atoms with Gasteiger partial charge in [0.25, 0.3) is 0 Å². The van der Waals surface area contributed by atoms with Gasteiger partial charge in [0.2, 0.25) is 10.0 Å². The Hall–Kier alpha value is -1.03. The molecule has 0 radical (unpaired) electrons. The maximum atomic E-state index is 14.1. The number of ether oxygens (including phenoxy) is 1. The minimum absolute atomic E-state index is 0.0186. The van der Waals surface area contributed by atoms with E-state index >= 15 is 0 Å². The number of halogens is 1. The van der Waals surface area contributed by atoms with Crippen LogP contribution < -0.4 is 0 Å². The summed E-state index contributed by atoms with van der Waals surface area (Å²) < 4.78 is 70.7. The fraction of sp³-hybridized carbons (Fsp3) is 0.571. The Labute approximate surface area is 135 Å². The minimum Gasteiger partial charge on any atom is -0.380 e. The number of aryl methyl sites for hydroxylation is 1. The minimum atomic E-state index is -4.11. The number of hydrogen-bond donors (Lipinski definition) is 0. The van der Waals surface area contributed by atoms with E-state index in [0.717, 1.165) is 10.4 Å². The van der Waals surface area contributed by atoms with Crippen LogP contribution in [0.15, 0.2) is 23.1 Å². The van der Waals surface area contributed by atoms with Gasteiger partial charge in [0.1, 0.15) is 16.0 Å². The topological polar surface area (TPSA) is 80.8 Å². The third kappa shape index (κ3) is 2.79. The van der Waals surface area contributed by atoms with E-state index in [-0.39, 0.29) is 30.2 Å². The first kappa shape index (κ1) is 16.8. The number of fused-ring (bicyclic) bond motifs is 1. The molecule has 3 rings (SSSR count). The Morgan fingerprint density at radius 2 is 2.09 bits per heavy atom. The molecule has 0 saturated carbocycles. The quantitative estimate of drug-likeness (QED) is 0.773. The van der Waals surface area contributed by atoms with Crippen LogP contribution in [0.4, 0.5) is 4.39 Å². The van der Waals surface area contributed by atoms with Gasteiger partial charge in [-0.25, -0.2) is 21.2 Å². The maximum Gasteiger partial charge on any atom is 0.246 e. The van der Waals surface area contributed by atoms with E-state index in [1.807, 2.05) is 0 Å². The van der Waals surface area contributed by atoms with Crippen LogP contribution in [-0.4, -0.2) is 57.9 Å². The summed E-state index contributed by atoms with van der Waals surface area (Å²) in [6, 6.07) is 3.37. The highest BCUT2D eigenvalue weighted by atomic mass is 32.2. The highest BCUT2D eigenvalue weighted by Crippen LogP contribution is 2.32. The molecule has 128 valence electrons. The average molecular weight is 363 g/mol. The molecule has 0 N–H and O–H groups in total. The predicted molar refractivity (Wildman–Crippen MR) is 81.8 cm³/mol. The Kier molecular flexibility index (Phi) is 4.24. The Morgan fingerprint density at radius 1 is 1.35 bits per heavy atom. The molecule has 0 aromatic heterocycles. The normalized spacial score (nSPS) is 28.3. The number of rotatable bonds is 2. The van der Waals surface area contributed by atoms with E-state index in [9.17, 15) is 21.2 Å². The van der Waals surface area contributed by atoms with E-state index in [0.29, 0.717) is 12.2 Å². The van der Waals surface area contributed by atoms with Crippen LogP contribution in [0.3, 0.4) is 0 Å². The molecule has 23 heavy (non-hydrogen) atoms. The van der Waals surface area contributed by atoms with Crippen LogP contribution in [0.2, 0.25) is 0 Å². The number of benzene rings is 1. The van der Waals surface area contributed by atoms with E-state index in [2.05, 4.69) is 0 Å². The molecule has 2 atom stereocenters. The van der Waals surface area contributed by atoms with Gasteiger partial charge < -0.3 is 4.74 Å². The van der Waals surface area contributed by atoms with Gasteiger partial charge in [0, 0.05) is 19.2 Å². The fourth-order valence-corrected chi connectivity index (χ4v) is 7.24. The zero-order valence-corrected chi connectivity index (χ0v) is 14.2. The third-order valence-electron chi connectivity index (χ3n) is 4.43. The smallest absolute Gasteiger partial charge is 0.246 e. The second-order valence-corrected chi connectivity index (χ2v) is 10.0. The molecule has 1 aromatic carbocycles. The van der Waals surface area contributed by atoms with Crippen molar-refractivity contribution in [2.75, 3.05) is 25.5 Å². The van der Waals surface area contributed by atoms with Gasteiger partial charge in [-0.15, -0.1) is 0 Å². The number of sulfonamides is 1. The van der Waals surface area contributed by atoms with Gasteiger partial charge in [0.15, 0.2) is 9.84 Å². The molecule has 0 bridgehead atoms. The Balaban J connectivity index is 2.07. The summed E-state index contributed by atoms with van der Waals surface area (Å²) in [5.74, 6) is -1.09. The van der Waals surface area contributed by atoms with Crippen molar-refractivity contribution in [3.63, 3.8) is 0 Å². The first-order chi connectivity index (χ1) is 10.7. The lowest BCUT2D eigenvalue weighted by Crippen LogP contribution is -2.60. The zero-order chi connectivity index (χ0) is 16.8. The molecule has 0 unspecified atom stereocenters. The van der Waals surface area contributed by atoms with Crippen LogP contribution in [-0.2, 0) is 24.6 Å². The molecule has 6 nitrogen and oxygen atoms in total. The molecule has 0 spiro atoms. The van der Waals surface area contributed by atoms with Crippen LogP contribution in [0.5, 0.6) is 0 Å². The van der Waals surface area contributed by atoms with Crippen molar-refractivity contribution in [1.29, 1.82) is 0 Å². The Bertz CT molecular complexity index is 801. The summed E-state index contributed by atoms with van der Waals surface area (Å²) in [5.41, 5.74) is 0.307. The Morgan fingerprint density at radius 3 is 2.78 bits per heavy atom. The SMILES string of the molecule is Cc1cccc(F)c1S(=O)(=O)N1CCS(=O)(=O)[C@H]2COCC[C@H]21. The number of hydrogen-bond acceptors (Lipinski definition) is 5. The monoisotopic (exact) mass is 363 g/mol. The first-order valence-electron chi connectivity index (χ1n) is 7.31. The summed E-state index contributed by atoms with van der Waals surface area (Å²) in [5, 5.41) is -0.883. The maximum absolute atomic E-state index is 14.1. The molecular formula is C14H18FNO5S2. The van der Waals surface area contributed by atoms with Gasteiger partial charge in [-0.1, -0.05) is 12.1 Å². The van der Waals surface area contributed by atoms with Crippen molar-refractivity contribution in [3.05, 3.63) is 29.6 Å². The van der Waals surface area contributed by atoms with Gasteiger partial charge in [-0.3, -0.25) is 0 Å². The van der Waals surface area contributed by atoms with Crippen LogP contribution in [0.25, 0.3) is 0 Å². The lowest BCUT2D eigenvalue weighted by Gasteiger charge is -2.42. The third-order valence-corrected chi connectivity index (χ3v) is 8.66. The van der Waals surface area contributed by atoms with E-state index < -0.39 is 37.0 Å². The van der Waals surface area contributed by atoms with Crippen molar-refractivity contribution < 1.29 is 26.0 Å². The van der Waals surface area contributed by atoms with Gasteiger partial charge >= 0.3 is 0 Å². The van der Waals surface area contributed by atoms with Gasteiger partial charge in [-0.2, -0.15) is 4.31 Å². The molecule has 2 aliphatic rings. The largest absolute Gasteiger partial charge is 0.380 e. The number of sulfone groups is 1. The standard InChI is InChI=1S/C14H18FNO5S2/c1-10-3-2-4-11(15)14(10)23(19,20)16-6-8-22(17,18)13-9-21-7-5-12(13)16/h2-4,12-13H,5-9H2,1H3/t12-,13+/m1/s1. The summed E-state index contributed by atoms with van der Waals surface area (Å²) in [7, 11) is -7.51.